The van der Waals surface area contributed by atoms with Gasteiger partial charge in [0.15, 0.2) is 0 Å². The number of nitrogens with zero attached hydrogens (tertiary/aromatic N) is 3. The number of nitrogens with two attached hydrogens (primary N) is 1. The Bertz CT molecular complexity index is 591. The van der Waals surface area contributed by atoms with Gasteiger partial charge in [0.2, 0.25) is 11.9 Å². The van der Waals surface area contributed by atoms with Crippen molar-refractivity contribution in [1.29, 1.82) is 0 Å². The molecule has 0 atom stereocenters. The molecule has 3 N–H and O–H groups in total. The summed E-state index contributed by atoms with van der Waals surface area (Å²) in [4.78, 5) is 12.2. The van der Waals surface area contributed by atoms with Gasteiger partial charge in [-0.1, -0.05) is 25.1 Å². The highest BCUT2D eigenvalue weighted by molar-refractivity contribution is 5.58. The van der Waals surface area contributed by atoms with Gasteiger partial charge in [0, 0.05) is 18.4 Å². The van der Waals surface area contributed by atoms with Crippen molar-refractivity contribution in [2.75, 3.05) is 24.8 Å². The maximum absolute atomic E-state index is 5.67. The summed E-state index contributed by atoms with van der Waals surface area (Å²) in [5.74, 6) is 0.458. The van der Waals surface area contributed by atoms with E-state index < -0.39 is 0 Å². The van der Waals surface area contributed by atoms with Crippen LogP contribution in [-0.4, -0.2) is 28.7 Å². The summed E-state index contributed by atoms with van der Waals surface area (Å²) >= 11 is 0. The minimum Gasteiger partial charge on any atom is -0.463 e. The second-order valence-corrected chi connectivity index (χ2v) is 4.36. The predicted octanol–water partition coefficient (Wildman–Crippen LogP) is 2.13. The van der Waals surface area contributed by atoms with E-state index in [1.54, 1.807) is 7.11 Å². The monoisotopic (exact) mass is 289 g/mol. The highest BCUT2D eigenvalue weighted by atomic mass is 16.5. The van der Waals surface area contributed by atoms with Crippen LogP contribution < -0.4 is 15.8 Å². The average Bonchev–Trinajstić information content (AvgIpc) is 2.47. The number of anilines is 3. The highest BCUT2D eigenvalue weighted by Gasteiger charge is 2.08. The fourth-order valence-electron chi connectivity index (χ4n) is 1.73. The average molecular weight is 289 g/mol. The first kappa shape index (κ1) is 15.0. The summed E-state index contributed by atoms with van der Waals surface area (Å²) in [6.45, 7) is 3.02. The molecule has 0 spiro atoms. The number of rotatable bonds is 7. The number of ether oxygens (including phenoxy) is 2. The van der Waals surface area contributed by atoms with Gasteiger partial charge >= 0.3 is 6.01 Å². The van der Waals surface area contributed by atoms with Gasteiger partial charge in [-0.05, 0) is 12.5 Å². The SMILES string of the molecule is CCCOc1nc(N)nc(Nc2ccccc2COC)n1. The van der Waals surface area contributed by atoms with Crippen LogP contribution in [-0.2, 0) is 11.3 Å². The number of nitrogen functional groups attached to an aromatic ring is 1. The lowest BCUT2D eigenvalue weighted by atomic mass is 10.2. The molecule has 0 radical (unpaired) electrons. The van der Waals surface area contributed by atoms with E-state index in [1.165, 1.54) is 0 Å². The third kappa shape index (κ3) is 4.28. The summed E-state index contributed by atoms with van der Waals surface area (Å²) in [5.41, 5.74) is 7.52. The van der Waals surface area contributed by atoms with Crippen molar-refractivity contribution >= 4 is 17.6 Å². The van der Waals surface area contributed by atoms with Crippen LogP contribution in [0.3, 0.4) is 0 Å². The van der Waals surface area contributed by atoms with Crippen LogP contribution in [0.5, 0.6) is 6.01 Å². The summed E-state index contributed by atoms with van der Waals surface area (Å²) in [6.07, 6.45) is 0.866. The molecule has 1 heterocycles. The van der Waals surface area contributed by atoms with Gasteiger partial charge in [-0.15, -0.1) is 0 Å². The molecule has 2 rings (SSSR count). The molecule has 0 saturated carbocycles. The number of nitrogens with one attached hydrogen (secondary N) is 1. The molecule has 0 aliphatic carbocycles. The first-order chi connectivity index (χ1) is 10.2. The van der Waals surface area contributed by atoms with Gasteiger partial charge in [-0.2, -0.15) is 15.0 Å². The van der Waals surface area contributed by atoms with Crippen LogP contribution in [0.4, 0.5) is 17.6 Å². The highest BCUT2D eigenvalue weighted by Crippen LogP contribution is 2.20. The molecular weight excluding hydrogens is 270 g/mol. The van der Waals surface area contributed by atoms with Gasteiger partial charge in [0.05, 0.1) is 13.2 Å². The summed E-state index contributed by atoms with van der Waals surface area (Å²) < 4.78 is 10.5. The predicted molar refractivity (Wildman–Crippen MR) is 80.5 cm³/mol. The molecule has 0 aliphatic heterocycles. The van der Waals surface area contributed by atoms with E-state index >= 15 is 0 Å². The van der Waals surface area contributed by atoms with Crippen LogP contribution in [0.25, 0.3) is 0 Å². The minimum atomic E-state index is 0.114. The van der Waals surface area contributed by atoms with Gasteiger partial charge in [-0.25, -0.2) is 0 Å². The molecule has 0 unspecified atom stereocenters. The zero-order valence-electron chi connectivity index (χ0n) is 12.2. The largest absolute Gasteiger partial charge is 0.463 e. The van der Waals surface area contributed by atoms with Crippen molar-refractivity contribution in [3.63, 3.8) is 0 Å². The molecule has 0 aliphatic rings. The van der Waals surface area contributed by atoms with Crippen LogP contribution in [0, 0.1) is 0 Å². The molecule has 7 heteroatoms. The Morgan fingerprint density at radius 1 is 1.19 bits per heavy atom. The molecule has 1 aromatic heterocycles. The van der Waals surface area contributed by atoms with Crippen LogP contribution in [0.2, 0.25) is 0 Å². The molecule has 2 aromatic rings. The van der Waals surface area contributed by atoms with Crippen molar-refractivity contribution in [3.8, 4) is 6.01 Å². The van der Waals surface area contributed by atoms with E-state index in [0.717, 1.165) is 17.7 Å². The molecule has 21 heavy (non-hydrogen) atoms. The first-order valence-electron chi connectivity index (χ1n) is 6.71. The lowest BCUT2D eigenvalue weighted by Gasteiger charge is -2.11. The summed E-state index contributed by atoms with van der Waals surface area (Å²) in [5, 5.41) is 3.11. The van der Waals surface area contributed by atoms with Crippen molar-refractivity contribution < 1.29 is 9.47 Å². The van der Waals surface area contributed by atoms with Crippen molar-refractivity contribution in [2.45, 2.75) is 20.0 Å². The van der Waals surface area contributed by atoms with E-state index in [9.17, 15) is 0 Å². The van der Waals surface area contributed by atoms with Crippen molar-refractivity contribution in [3.05, 3.63) is 29.8 Å². The maximum atomic E-state index is 5.67. The Kier molecular flexibility index (Phi) is 5.28. The Morgan fingerprint density at radius 3 is 2.76 bits per heavy atom. The molecule has 1 aromatic carbocycles. The van der Waals surface area contributed by atoms with Crippen LogP contribution in [0.15, 0.2) is 24.3 Å². The van der Waals surface area contributed by atoms with E-state index in [1.807, 2.05) is 31.2 Å². The normalized spacial score (nSPS) is 10.4. The molecule has 7 nitrogen and oxygen atoms in total. The molecule has 0 fully saturated rings. The van der Waals surface area contributed by atoms with Crippen LogP contribution >= 0.6 is 0 Å². The number of aromatic nitrogens is 3. The second kappa shape index (κ2) is 7.39. The van der Waals surface area contributed by atoms with Gasteiger partial charge in [0.1, 0.15) is 0 Å². The quantitative estimate of drug-likeness (QED) is 0.806. The standard InChI is InChI=1S/C14H19N5O2/c1-3-8-21-14-18-12(15)17-13(19-14)16-11-7-5-4-6-10(11)9-20-2/h4-7H,3,8-9H2,1-2H3,(H3,15,16,17,18,19). The molecule has 112 valence electrons. The Labute approximate surface area is 123 Å². The van der Waals surface area contributed by atoms with Gasteiger partial charge in [-0.3, -0.25) is 0 Å². The zero-order valence-corrected chi connectivity index (χ0v) is 12.2. The van der Waals surface area contributed by atoms with Gasteiger partial charge in [0.25, 0.3) is 0 Å². The van der Waals surface area contributed by atoms with E-state index in [-0.39, 0.29) is 12.0 Å². The first-order valence-corrected chi connectivity index (χ1v) is 6.71. The molecule has 0 saturated heterocycles. The number of para-hydroxylation sites is 1. The molecule has 0 bridgehead atoms. The number of benzene rings is 1. The fourth-order valence-corrected chi connectivity index (χ4v) is 1.73. The van der Waals surface area contributed by atoms with Crippen LogP contribution in [0.1, 0.15) is 18.9 Å². The third-order valence-electron chi connectivity index (χ3n) is 2.63. The fraction of sp³-hybridized carbons (Fsp3) is 0.357. The molecular formula is C14H19N5O2. The van der Waals surface area contributed by atoms with E-state index in [0.29, 0.717) is 19.2 Å². The maximum Gasteiger partial charge on any atom is 0.323 e. The third-order valence-corrected chi connectivity index (χ3v) is 2.63. The molecule has 0 amide bonds. The lowest BCUT2D eigenvalue weighted by Crippen LogP contribution is -2.08. The smallest absolute Gasteiger partial charge is 0.323 e. The number of hydrogen-bond donors (Lipinski definition) is 2. The van der Waals surface area contributed by atoms with E-state index in [4.69, 9.17) is 15.2 Å². The zero-order chi connectivity index (χ0) is 15.1. The Morgan fingerprint density at radius 2 is 2.00 bits per heavy atom. The summed E-state index contributed by atoms with van der Waals surface area (Å²) in [7, 11) is 1.65. The number of methoxy groups -OCH3 is 1. The minimum absolute atomic E-state index is 0.114. The van der Waals surface area contributed by atoms with E-state index in [2.05, 4.69) is 20.3 Å². The van der Waals surface area contributed by atoms with Crippen molar-refractivity contribution in [2.24, 2.45) is 0 Å². The van der Waals surface area contributed by atoms with Gasteiger partial charge < -0.3 is 20.5 Å². The Balaban J connectivity index is 2.21. The topological polar surface area (TPSA) is 95.2 Å². The Hall–Kier alpha value is -2.41. The summed E-state index contributed by atoms with van der Waals surface area (Å²) in [6, 6.07) is 7.96. The second-order valence-electron chi connectivity index (χ2n) is 4.36. The lowest BCUT2D eigenvalue weighted by molar-refractivity contribution is 0.185. The van der Waals surface area contributed by atoms with Crippen molar-refractivity contribution in [1.82, 2.24) is 15.0 Å². The number of hydrogen-bond acceptors (Lipinski definition) is 7.